The Hall–Kier alpha value is 0.780. The van der Waals surface area contributed by atoms with Crippen molar-refractivity contribution in [1.29, 1.82) is 0 Å². The molecule has 0 amide bonds. The Morgan fingerprint density at radius 1 is 0.833 bits per heavy atom. The van der Waals surface area contributed by atoms with Crippen molar-refractivity contribution in [2.45, 2.75) is 109 Å². The van der Waals surface area contributed by atoms with Gasteiger partial charge in [0.1, 0.15) is 0 Å². The second kappa shape index (κ2) is 23.6. The molecule has 36 heavy (non-hydrogen) atoms. The van der Waals surface area contributed by atoms with Gasteiger partial charge in [-0.05, 0) is 0 Å². The van der Waals surface area contributed by atoms with E-state index in [1.807, 2.05) is 0 Å². The topological polar surface area (TPSA) is 82.1 Å². The van der Waals surface area contributed by atoms with Gasteiger partial charge in [0.05, 0.1) is 0 Å². The van der Waals surface area contributed by atoms with Crippen LogP contribution in [-0.2, 0) is 23.1 Å². The molecule has 1 N–H and O–H groups in total. The van der Waals surface area contributed by atoms with E-state index in [9.17, 15) is 14.3 Å². The number of alkyl halides is 1. The van der Waals surface area contributed by atoms with Crippen LogP contribution < -0.4 is 21.5 Å². The summed E-state index contributed by atoms with van der Waals surface area (Å²) in [6, 6.07) is 0. The molecule has 7 nitrogen and oxygen atoms in total. The standard InChI is InChI=1S/C26H55INO6PS/c1-6-7-8-9-10-11-12-13-14-15-16-17-18-19-21-32-23-26(36-25(2)29)24-34-35(30,31)33-22-20-27-28(3,4)5/h26H,6-24H2,1-5H3,(H,30,31)/t26-/m1/s1. The molecule has 0 aliphatic heterocycles. The van der Waals surface area contributed by atoms with Crippen LogP contribution in [0.4, 0.5) is 0 Å². The normalized spacial score (nSPS) is 14.7. The number of phosphoric acid groups is 1. The summed E-state index contributed by atoms with van der Waals surface area (Å²) in [7, 11) is 2.19. The molecule has 0 fully saturated rings. The second-order valence-corrected chi connectivity index (χ2v) is 17.7. The van der Waals surface area contributed by atoms with E-state index in [0.29, 0.717) is 13.2 Å². The summed E-state index contributed by atoms with van der Waals surface area (Å²) in [6.45, 7) is 4.85. The van der Waals surface area contributed by atoms with E-state index in [1.54, 1.807) is 0 Å². The number of unbranched alkanes of at least 4 members (excludes halogenated alkanes) is 13. The van der Waals surface area contributed by atoms with Crippen molar-refractivity contribution in [2.75, 3.05) is 52.0 Å². The fraction of sp³-hybridized carbons (Fsp3) is 0.962. The molecule has 2 atom stereocenters. The van der Waals surface area contributed by atoms with Crippen LogP contribution in [0.1, 0.15) is 104 Å². The Morgan fingerprint density at radius 2 is 1.33 bits per heavy atom. The zero-order chi connectivity index (χ0) is 27.1. The molecular weight excluding hydrogens is 612 g/mol. The predicted octanol–water partition coefficient (Wildman–Crippen LogP) is 3.98. The number of hydrogen-bond acceptors (Lipinski definition) is 6. The Balaban J connectivity index is 3.79. The maximum absolute atomic E-state index is 12.1. The number of carbonyl (C=O) groups excluding carboxylic acids is 1. The SMILES string of the molecule is CCCCCCCCCCCCCCCCOC[C@H](COP(=O)(O)OCC[I-][N+](C)(C)C)SC(C)=O. The van der Waals surface area contributed by atoms with Gasteiger partial charge in [0, 0.05) is 0 Å². The molecule has 0 aliphatic rings. The van der Waals surface area contributed by atoms with Gasteiger partial charge < -0.3 is 0 Å². The third kappa shape index (κ3) is 27.8. The number of rotatable bonds is 26. The average Bonchev–Trinajstić information content (AvgIpc) is 2.79. The van der Waals surface area contributed by atoms with Crippen molar-refractivity contribution in [2.24, 2.45) is 0 Å². The second-order valence-electron chi connectivity index (χ2n) is 10.2. The van der Waals surface area contributed by atoms with E-state index < -0.39 is 7.82 Å². The predicted molar refractivity (Wildman–Crippen MR) is 148 cm³/mol. The minimum absolute atomic E-state index is 0.0544. The summed E-state index contributed by atoms with van der Waals surface area (Å²) in [6.07, 6.45) is 18.4. The summed E-state index contributed by atoms with van der Waals surface area (Å²) >= 11 is 0.910. The summed E-state index contributed by atoms with van der Waals surface area (Å²) in [5.41, 5.74) is 0. The Kier molecular flexibility index (Phi) is 24.2. The monoisotopic (exact) mass is 667 g/mol. The summed E-state index contributed by atoms with van der Waals surface area (Å²) in [4.78, 5) is 21.5. The first-order valence-electron chi connectivity index (χ1n) is 13.8. The van der Waals surface area contributed by atoms with Crippen LogP contribution in [0.2, 0.25) is 0 Å². The van der Waals surface area contributed by atoms with Crippen molar-refractivity contribution in [3.8, 4) is 0 Å². The van der Waals surface area contributed by atoms with Crippen LogP contribution in [0.3, 0.4) is 0 Å². The number of nitrogens with zero attached hydrogens (tertiary/aromatic N) is 1. The van der Waals surface area contributed by atoms with Crippen LogP contribution in [0.15, 0.2) is 0 Å². The van der Waals surface area contributed by atoms with Crippen LogP contribution >= 0.6 is 19.6 Å². The van der Waals surface area contributed by atoms with Crippen molar-refractivity contribution >= 4 is 24.7 Å². The third-order valence-electron chi connectivity index (χ3n) is 5.48. The molecular formula is C26H55INO6PS. The number of carbonyl (C=O) groups is 1. The van der Waals surface area contributed by atoms with Gasteiger partial charge in [-0.3, -0.25) is 0 Å². The van der Waals surface area contributed by atoms with Gasteiger partial charge in [0.2, 0.25) is 0 Å². The molecule has 218 valence electrons. The fourth-order valence-corrected chi connectivity index (χ4v) is 7.47. The van der Waals surface area contributed by atoms with Gasteiger partial charge in [-0.1, -0.05) is 84.0 Å². The van der Waals surface area contributed by atoms with Gasteiger partial charge in [-0.25, -0.2) is 0 Å². The number of halogens is 1. The number of thioether (sulfide) groups is 1. The first-order valence-corrected chi connectivity index (χ1v) is 18.7. The molecule has 1 unspecified atom stereocenters. The molecule has 0 aromatic heterocycles. The summed E-state index contributed by atoms with van der Waals surface area (Å²) in [5, 5.41) is -0.387. The number of ether oxygens (including phenoxy) is 1. The minimum atomic E-state index is -4.12. The fourth-order valence-electron chi connectivity index (χ4n) is 3.62. The van der Waals surface area contributed by atoms with Crippen LogP contribution in [0.5, 0.6) is 0 Å². The van der Waals surface area contributed by atoms with Crippen LogP contribution in [0, 0.1) is 0 Å². The van der Waals surface area contributed by atoms with Crippen molar-refractivity contribution in [1.82, 2.24) is 0 Å². The van der Waals surface area contributed by atoms with E-state index >= 15 is 0 Å². The summed E-state index contributed by atoms with van der Waals surface area (Å²) in [5.74, 6) is 0. The molecule has 0 aliphatic carbocycles. The van der Waals surface area contributed by atoms with Crippen LogP contribution in [0.25, 0.3) is 0 Å². The first-order chi connectivity index (χ1) is 17.1. The van der Waals surface area contributed by atoms with Gasteiger partial charge in [0.15, 0.2) is 0 Å². The molecule has 0 aromatic rings. The zero-order valence-electron chi connectivity index (χ0n) is 23.7. The molecule has 0 bridgehead atoms. The number of quaternary nitrogens is 1. The molecule has 0 saturated carbocycles. The molecule has 0 spiro atoms. The number of phosphoric ester groups is 1. The summed E-state index contributed by atoms with van der Waals surface area (Å²) < 4.78 is 29.7. The maximum atomic E-state index is 12.1. The van der Waals surface area contributed by atoms with Gasteiger partial charge in [0.25, 0.3) is 0 Å². The van der Waals surface area contributed by atoms with Crippen molar-refractivity contribution in [3.63, 3.8) is 0 Å². The Morgan fingerprint density at radius 3 is 1.81 bits per heavy atom. The Bertz CT molecular complexity index is 579. The van der Waals surface area contributed by atoms with E-state index in [-0.39, 0.29) is 45.1 Å². The van der Waals surface area contributed by atoms with Gasteiger partial charge >= 0.3 is 154 Å². The van der Waals surface area contributed by atoms with Crippen LogP contribution in [-0.4, -0.2) is 70.0 Å². The zero-order valence-corrected chi connectivity index (χ0v) is 27.5. The van der Waals surface area contributed by atoms with Crippen molar-refractivity contribution in [3.05, 3.63) is 0 Å². The molecule has 0 rings (SSSR count). The van der Waals surface area contributed by atoms with E-state index in [2.05, 4.69) is 28.1 Å². The molecule has 10 heteroatoms. The molecule has 0 radical (unpaired) electrons. The molecule has 0 saturated heterocycles. The van der Waals surface area contributed by atoms with Gasteiger partial charge in [-0.15, -0.1) is 0 Å². The average molecular weight is 668 g/mol. The quantitative estimate of drug-likeness (QED) is 0.0492. The van der Waals surface area contributed by atoms with E-state index in [4.69, 9.17) is 13.8 Å². The van der Waals surface area contributed by atoms with Gasteiger partial charge in [-0.2, -0.15) is 0 Å². The molecule has 0 heterocycles. The van der Waals surface area contributed by atoms with Crippen molar-refractivity contribution < 1.29 is 52.2 Å². The number of hydrogen-bond donors (Lipinski definition) is 1. The first kappa shape index (κ1) is 36.8. The van der Waals surface area contributed by atoms with E-state index in [0.717, 1.165) is 31.7 Å². The van der Waals surface area contributed by atoms with E-state index in [1.165, 1.54) is 84.0 Å². The Labute approximate surface area is 237 Å². The third-order valence-corrected chi connectivity index (χ3v) is 10.4. The molecule has 0 aromatic carbocycles.